The van der Waals surface area contributed by atoms with Crippen molar-refractivity contribution in [3.63, 3.8) is 0 Å². The number of rotatable bonds is 11. The van der Waals surface area contributed by atoms with Gasteiger partial charge in [-0.1, -0.05) is 78.9 Å². The zero-order valence-electron chi connectivity index (χ0n) is 25.6. The number of para-hydroxylation sites is 1. The van der Waals surface area contributed by atoms with E-state index in [1.807, 2.05) is 78.9 Å². The van der Waals surface area contributed by atoms with E-state index in [2.05, 4.69) is 52.9 Å². The van der Waals surface area contributed by atoms with Crippen LogP contribution >= 0.6 is 0 Å². The van der Waals surface area contributed by atoms with Gasteiger partial charge in [0.05, 0.1) is 5.69 Å². The van der Waals surface area contributed by atoms with Gasteiger partial charge in [0.1, 0.15) is 6.10 Å². The fraction of sp³-hybridized carbons (Fsp3) is 0.297. The SMILES string of the molecule is Cc1ccc(CNCc2ccc(NC(=O)CCN3CCC(OC(=O)Nc4ccccc4-c4ccccc4)CC3)cc2)cc1C. The van der Waals surface area contributed by atoms with Gasteiger partial charge in [-0.05, 0) is 72.7 Å². The lowest BCUT2D eigenvalue weighted by Gasteiger charge is -2.31. The number of likely N-dealkylation sites (tertiary alicyclic amines) is 1. The van der Waals surface area contributed by atoms with Crippen molar-refractivity contribution < 1.29 is 14.3 Å². The standard InChI is InChI=1S/C37H42N4O3/c1-27-12-13-30(24-28(27)2)26-38-25-29-14-16-32(17-15-29)39-36(42)20-23-41-21-18-33(19-22-41)44-37(43)40-35-11-7-6-10-34(35)31-8-4-3-5-9-31/h3-17,24,33,38H,18-23,25-26H2,1-2H3,(H,39,42)(H,40,43). The molecule has 0 aromatic heterocycles. The largest absolute Gasteiger partial charge is 0.446 e. The van der Waals surface area contributed by atoms with Gasteiger partial charge in [0.2, 0.25) is 5.91 Å². The average molecular weight is 591 g/mol. The molecule has 3 N–H and O–H groups in total. The Labute approximate surface area is 260 Å². The molecule has 0 radical (unpaired) electrons. The van der Waals surface area contributed by atoms with Crippen LogP contribution in [0, 0.1) is 13.8 Å². The van der Waals surface area contributed by atoms with E-state index in [9.17, 15) is 9.59 Å². The number of nitrogens with one attached hydrogen (secondary N) is 3. The molecule has 0 unspecified atom stereocenters. The van der Waals surface area contributed by atoms with Gasteiger partial charge in [-0.25, -0.2) is 4.79 Å². The molecule has 7 nitrogen and oxygen atoms in total. The van der Waals surface area contributed by atoms with E-state index in [1.165, 1.54) is 22.3 Å². The number of ether oxygens (including phenoxy) is 1. The highest BCUT2D eigenvalue weighted by Crippen LogP contribution is 2.28. The van der Waals surface area contributed by atoms with Gasteiger partial charge in [0.15, 0.2) is 0 Å². The summed E-state index contributed by atoms with van der Waals surface area (Å²) in [5, 5.41) is 9.43. The maximum atomic E-state index is 12.7. The predicted octanol–water partition coefficient (Wildman–Crippen LogP) is 7.30. The van der Waals surface area contributed by atoms with Crippen molar-refractivity contribution in [1.82, 2.24) is 10.2 Å². The van der Waals surface area contributed by atoms with E-state index in [0.717, 1.165) is 61.5 Å². The van der Waals surface area contributed by atoms with Gasteiger partial charge >= 0.3 is 6.09 Å². The van der Waals surface area contributed by atoms with Crippen molar-refractivity contribution in [2.24, 2.45) is 0 Å². The second kappa shape index (κ2) is 15.3. The third-order valence-electron chi connectivity index (χ3n) is 8.18. The summed E-state index contributed by atoms with van der Waals surface area (Å²) in [6.45, 7) is 8.10. The minimum atomic E-state index is -0.436. The molecular weight excluding hydrogens is 548 g/mol. The highest BCUT2D eigenvalue weighted by molar-refractivity contribution is 5.92. The fourth-order valence-electron chi connectivity index (χ4n) is 5.46. The molecule has 4 aromatic rings. The van der Waals surface area contributed by atoms with Crippen LogP contribution in [0.2, 0.25) is 0 Å². The van der Waals surface area contributed by atoms with Crippen molar-refractivity contribution >= 4 is 23.4 Å². The molecule has 4 aromatic carbocycles. The van der Waals surface area contributed by atoms with Crippen LogP contribution in [-0.4, -0.2) is 42.6 Å². The smallest absolute Gasteiger partial charge is 0.411 e. The molecule has 0 saturated carbocycles. The Bertz CT molecular complexity index is 1530. The van der Waals surface area contributed by atoms with Crippen molar-refractivity contribution in [3.8, 4) is 11.1 Å². The first-order chi connectivity index (χ1) is 21.4. The van der Waals surface area contributed by atoms with Gasteiger partial charge in [-0.3, -0.25) is 10.1 Å². The lowest BCUT2D eigenvalue weighted by molar-refractivity contribution is -0.116. The number of anilines is 2. The minimum Gasteiger partial charge on any atom is -0.446 e. The Kier molecular flexibility index (Phi) is 10.8. The zero-order chi connectivity index (χ0) is 30.7. The molecule has 5 rings (SSSR count). The lowest BCUT2D eigenvalue weighted by atomic mass is 10.0. The number of carbonyl (C=O) groups excluding carboxylic acids is 2. The summed E-state index contributed by atoms with van der Waals surface area (Å²) in [6, 6.07) is 32.3. The second-order valence-electron chi connectivity index (χ2n) is 11.5. The molecule has 1 saturated heterocycles. The van der Waals surface area contributed by atoms with E-state index < -0.39 is 6.09 Å². The van der Waals surface area contributed by atoms with E-state index in [-0.39, 0.29) is 12.0 Å². The number of carbonyl (C=O) groups is 2. The zero-order valence-corrected chi connectivity index (χ0v) is 25.6. The van der Waals surface area contributed by atoms with Gasteiger partial charge in [0.25, 0.3) is 0 Å². The Morgan fingerprint density at radius 2 is 1.45 bits per heavy atom. The van der Waals surface area contributed by atoms with Crippen LogP contribution in [0.15, 0.2) is 97.1 Å². The Morgan fingerprint density at radius 3 is 2.20 bits per heavy atom. The first kappa shape index (κ1) is 31.0. The van der Waals surface area contributed by atoms with E-state index >= 15 is 0 Å². The molecule has 1 aliphatic rings. The molecule has 0 atom stereocenters. The quantitative estimate of drug-likeness (QED) is 0.171. The minimum absolute atomic E-state index is 0.000415. The normalized spacial score (nSPS) is 13.8. The second-order valence-corrected chi connectivity index (χ2v) is 11.5. The van der Waals surface area contributed by atoms with Crippen LogP contribution in [0.25, 0.3) is 11.1 Å². The van der Waals surface area contributed by atoms with Crippen LogP contribution in [0.1, 0.15) is 41.5 Å². The Morgan fingerprint density at radius 1 is 0.773 bits per heavy atom. The molecule has 7 heteroatoms. The topological polar surface area (TPSA) is 82.7 Å². The molecule has 0 bridgehead atoms. The summed E-state index contributed by atoms with van der Waals surface area (Å²) < 4.78 is 5.74. The summed E-state index contributed by atoms with van der Waals surface area (Å²) in [5.74, 6) is 0.000415. The molecule has 1 heterocycles. The molecule has 1 aliphatic heterocycles. The number of nitrogens with zero attached hydrogens (tertiary/aromatic N) is 1. The lowest BCUT2D eigenvalue weighted by Crippen LogP contribution is -2.39. The summed E-state index contributed by atoms with van der Waals surface area (Å²) in [7, 11) is 0. The maximum absolute atomic E-state index is 12.7. The summed E-state index contributed by atoms with van der Waals surface area (Å²) >= 11 is 0. The van der Waals surface area contributed by atoms with E-state index in [0.29, 0.717) is 13.0 Å². The third-order valence-corrected chi connectivity index (χ3v) is 8.18. The summed E-state index contributed by atoms with van der Waals surface area (Å²) in [4.78, 5) is 27.5. The number of amides is 2. The van der Waals surface area contributed by atoms with Gasteiger partial charge < -0.3 is 20.3 Å². The first-order valence-electron chi connectivity index (χ1n) is 15.4. The van der Waals surface area contributed by atoms with Crippen LogP contribution in [0.3, 0.4) is 0 Å². The van der Waals surface area contributed by atoms with E-state index in [1.54, 1.807) is 0 Å². The number of hydrogen-bond acceptors (Lipinski definition) is 5. The predicted molar refractivity (Wildman–Crippen MR) is 178 cm³/mol. The van der Waals surface area contributed by atoms with Gasteiger partial charge in [-0.2, -0.15) is 0 Å². The van der Waals surface area contributed by atoms with Crippen LogP contribution in [-0.2, 0) is 22.6 Å². The number of piperidine rings is 1. The van der Waals surface area contributed by atoms with Crippen molar-refractivity contribution in [1.29, 1.82) is 0 Å². The first-order valence-corrected chi connectivity index (χ1v) is 15.4. The average Bonchev–Trinajstić information content (AvgIpc) is 3.04. The molecule has 44 heavy (non-hydrogen) atoms. The van der Waals surface area contributed by atoms with Crippen molar-refractivity contribution in [2.45, 2.75) is 52.3 Å². The van der Waals surface area contributed by atoms with Crippen molar-refractivity contribution in [2.75, 3.05) is 30.3 Å². The summed E-state index contributed by atoms with van der Waals surface area (Å²) in [6.07, 6.45) is 1.33. The number of hydrogen-bond donors (Lipinski definition) is 3. The van der Waals surface area contributed by atoms with Crippen LogP contribution < -0.4 is 16.0 Å². The Hall–Kier alpha value is -4.46. The van der Waals surface area contributed by atoms with E-state index in [4.69, 9.17) is 4.74 Å². The molecule has 228 valence electrons. The highest BCUT2D eigenvalue weighted by atomic mass is 16.6. The van der Waals surface area contributed by atoms with Crippen LogP contribution in [0.5, 0.6) is 0 Å². The monoisotopic (exact) mass is 590 g/mol. The molecule has 0 spiro atoms. The molecule has 0 aliphatic carbocycles. The molecule has 2 amide bonds. The van der Waals surface area contributed by atoms with Crippen LogP contribution in [0.4, 0.5) is 16.2 Å². The Balaban J connectivity index is 0.982. The van der Waals surface area contributed by atoms with Gasteiger partial charge in [0, 0.05) is 50.4 Å². The molecular formula is C37H42N4O3. The molecule has 1 fully saturated rings. The number of aryl methyl sites for hydroxylation is 2. The maximum Gasteiger partial charge on any atom is 0.411 e. The third kappa shape index (κ3) is 9.02. The summed E-state index contributed by atoms with van der Waals surface area (Å²) in [5.41, 5.74) is 8.59. The van der Waals surface area contributed by atoms with Crippen molar-refractivity contribution in [3.05, 3.63) is 119 Å². The van der Waals surface area contributed by atoms with Gasteiger partial charge in [-0.15, -0.1) is 0 Å². The highest BCUT2D eigenvalue weighted by Gasteiger charge is 2.23. The fourth-order valence-corrected chi connectivity index (χ4v) is 5.46. The number of benzene rings is 4.